The predicted octanol–water partition coefficient (Wildman–Crippen LogP) is 3.20. The number of nitrogens with zero attached hydrogens (tertiary/aromatic N) is 1. The van der Waals surface area contributed by atoms with E-state index >= 15 is 0 Å². The number of aryl methyl sites for hydroxylation is 1. The van der Waals surface area contributed by atoms with Gasteiger partial charge < -0.3 is 5.32 Å². The average molecular weight is 333 g/mol. The Morgan fingerprint density at radius 1 is 1.37 bits per heavy atom. The molecule has 1 aliphatic rings. The van der Waals surface area contributed by atoms with E-state index in [4.69, 9.17) is 0 Å². The number of piperazine rings is 1. The van der Waals surface area contributed by atoms with Crippen LogP contribution in [0.2, 0.25) is 0 Å². The van der Waals surface area contributed by atoms with E-state index in [0.717, 1.165) is 30.7 Å². The highest BCUT2D eigenvalue weighted by atomic mass is 79.9. The summed E-state index contributed by atoms with van der Waals surface area (Å²) in [4.78, 5) is 2.17. The van der Waals surface area contributed by atoms with Gasteiger partial charge >= 0.3 is 0 Å². The molecule has 106 valence electrons. The first kappa shape index (κ1) is 14.9. The van der Waals surface area contributed by atoms with Gasteiger partial charge in [-0.1, -0.05) is 15.9 Å². The summed E-state index contributed by atoms with van der Waals surface area (Å²) in [7, 11) is 0. The van der Waals surface area contributed by atoms with Crippen molar-refractivity contribution in [3.05, 3.63) is 33.5 Å². The van der Waals surface area contributed by atoms with E-state index in [9.17, 15) is 8.78 Å². The fraction of sp³-hybridized carbons (Fsp3) is 0.571. The van der Waals surface area contributed by atoms with E-state index in [1.165, 1.54) is 0 Å². The zero-order valence-corrected chi connectivity index (χ0v) is 12.6. The maximum absolute atomic E-state index is 14.3. The van der Waals surface area contributed by atoms with Gasteiger partial charge in [0.15, 0.2) is 0 Å². The van der Waals surface area contributed by atoms with Crippen molar-refractivity contribution < 1.29 is 8.78 Å². The minimum atomic E-state index is -0.431. The van der Waals surface area contributed by atoms with Crippen molar-refractivity contribution >= 4 is 15.9 Å². The van der Waals surface area contributed by atoms with Gasteiger partial charge in [0.25, 0.3) is 0 Å². The SMILES string of the molecule is Cc1cc(Br)cc([C@@H](CCF)N2CCNCC2)c1F. The summed E-state index contributed by atoms with van der Waals surface area (Å²) < 4.78 is 28.0. The van der Waals surface area contributed by atoms with Crippen LogP contribution in [0.1, 0.15) is 23.6 Å². The molecule has 0 saturated carbocycles. The molecule has 0 radical (unpaired) electrons. The van der Waals surface area contributed by atoms with Crippen molar-refractivity contribution in [2.75, 3.05) is 32.9 Å². The second kappa shape index (κ2) is 6.77. The maximum atomic E-state index is 14.3. The predicted molar refractivity (Wildman–Crippen MR) is 76.6 cm³/mol. The summed E-state index contributed by atoms with van der Waals surface area (Å²) in [5.74, 6) is -0.208. The van der Waals surface area contributed by atoms with Crippen LogP contribution in [-0.4, -0.2) is 37.8 Å². The molecule has 1 saturated heterocycles. The summed E-state index contributed by atoms with van der Waals surface area (Å²) in [6.45, 7) is 4.72. The standard InChI is InChI=1S/C14H19BrF2N2/c1-10-8-11(15)9-12(14(10)17)13(2-3-16)19-6-4-18-5-7-19/h8-9,13,18H,2-7H2,1H3/t13-/m1/s1. The van der Waals surface area contributed by atoms with Crippen LogP contribution in [0.5, 0.6) is 0 Å². The first-order valence-electron chi connectivity index (χ1n) is 6.59. The number of benzene rings is 1. The third-order valence-corrected chi connectivity index (χ3v) is 4.04. The van der Waals surface area contributed by atoms with Crippen LogP contribution in [-0.2, 0) is 0 Å². The number of nitrogens with one attached hydrogen (secondary N) is 1. The van der Waals surface area contributed by atoms with Gasteiger partial charge in [-0.05, 0) is 31.0 Å². The van der Waals surface area contributed by atoms with Gasteiger partial charge in [0.1, 0.15) is 5.82 Å². The zero-order chi connectivity index (χ0) is 13.8. The minimum Gasteiger partial charge on any atom is -0.314 e. The number of halogens is 3. The lowest BCUT2D eigenvalue weighted by molar-refractivity contribution is 0.154. The van der Waals surface area contributed by atoms with Crippen LogP contribution in [0.25, 0.3) is 0 Å². The summed E-state index contributed by atoms with van der Waals surface area (Å²) in [6.07, 6.45) is 0.340. The monoisotopic (exact) mass is 332 g/mol. The molecule has 19 heavy (non-hydrogen) atoms. The fourth-order valence-electron chi connectivity index (χ4n) is 2.63. The number of rotatable bonds is 4. The molecule has 0 amide bonds. The van der Waals surface area contributed by atoms with Gasteiger partial charge in [0, 0.05) is 42.3 Å². The van der Waals surface area contributed by atoms with Crippen molar-refractivity contribution in [1.82, 2.24) is 10.2 Å². The molecular formula is C14H19BrF2N2. The molecule has 0 aliphatic carbocycles. The van der Waals surface area contributed by atoms with E-state index in [1.54, 1.807) is 19.1 Å². The summed E-state index contributed by atoms with van der Waals surface area (Å²) in [6, 6.07) is 3.36. The molecule has 1 aromatic rings. The molecule has 0 aromatic heterocycles. The Balaban J connectivity index is 2.32. The summed E-state index contributed by atoms with van der Waals surface area (Å²) in [5, 5.41) is 3.26. The maximum Gasteiger partial charge on any atom is 0.130 e. The molecule has 5 heteroatoms. The highest BCUT2D eigenvalue weighted by Crippen LogP contribution is 2.31. The first-order valence-corrected chi connectivity index (χ1v) is 7.39. The van der Waals surface area contributed by atoms with Gasteiger partial charge in [0.2, 0.25) is 0 Å². The number of hydrogen-bond acceptors (Lipinski definition) is 2. The van der Waals surface area contributed by atoms with E-state index in [2.05, 4.69) is 26.1 Å². The lowest BCUT2D eigenvalue weighted by Gasteiger charge is -2.35. The second-order valence-electron chi connectivity index (χ2n) is 4.91. The highest BCUT2D eigenvalue weighted by molar-refractivity contribution is 9.10. The third-order valence-electron chi connectivity index (χ3n) is 3.58. The van der Waals surface area contributed by atoms with E-state index < -0.39 is 6.67 Å². The molecule has 1 heterocycles. The Bertz CT molecular complexity index is 434. The summed E-state index contributed by atoms with van der Waals surface area (Å²) in [5.41, 5.74) is 1.20. The van der Waals surface area contributed by atoms with Crippen molar-refractivity contribution in [3.63, 3.8) is 0 Å². The van der Waals surface area contributed by atoms with Crippen molar-refractivity contribution in [2.45, 2.75) is 19.4 Å². The number of hydrogen-bond donors (Lipinski definition) is 1. The van der Waals surface area contributed by atoms with Crippen LogP contribution in [0.15, 0.2) is 16.6 Å². The number of alkyl halides is 1. The first-order chi connectivity index (χ1) is 9.13. The van der Waals surface area contributed by atoms with Crippen molar-refractivity contribution in [2.24, 2.45) is 0 Å². The van der Waals surface area contributed by atoms with Gasteiger partial charge in [0.05, 0.1) is 6.67 Å². The van der Waals surface area contributed by atoms with Gasteiger partial charge in [-0.15, -0.1) is 0 Å². The van der Waals surface area contributed by atoms with E-state index in [1.807, 2.05) is 0 Å². The normalized spacial score (nSPS) is 18.5. The largest absolute Gasteiger partial charge is 0.314 e. The molecule has 1 aromatic carbocycles. The summed E-state index contributed by atoms with van der Waals surface area (Å²) >= 11 is 3.40. The van der Waals surface area contributed by atoms with Gasteiger partial charge in [-0.3, -0.25) is 9.29 Å². The zero-order valence-electron chi connectivity index (χ0n) is 11.1. The second-order valence-corrected chi connectivity index (χ2v) is 5.82. The molecule has 2 nitrogen and oxygen atoms in total. The molecule has 2 rings (SSSR count). The van der Waals surface area contributed by atoms with Crippen LogP contribution >= 0.6 is 15.9 Å². The molecule has 1 atom stereocenters. The molecule has 1 aliphatic heterocycles. The molecule has 0 unspecified atom stereocenters. The highest BCUT2D eigenvalue weighted by Gasteiger charge is 2.25. The van der Waals surface area contributed by atoms with E-state index in [-0.39, 0.29) is 11.9 Å². The quantitative estimate of drug-likeness (QED) is 0.910. The van der Waals surface area contributed by atoms with Crippen molar-refractivity contribution in [1.29, 1.82) is 0 Å². The Labute approximate surface area is 121 Å². The third kappa shape index (κ3) is 3.52. The van der Waals surface area contributed by atoms with Crippen LogP contribution in [0, 0.1) is 12.7 Å². The van der Waals surface area contributed by atoms with E-state index in [0.29, 0.717) is 17.5 Å². The van der Waals surface area contributed by atoms with Crippen molar-refractivity contribution in [3.8, 4) is 0 Å². The lowest BCUT2D eigenvalue weighted by Crippen LogP contribution is -2.45. The van der Waals surface area contributed by atoms with Crippen LogP contribution in [0.3, 0.4) is 0 Å². The molecule has 0 spiro atoms. The minimum absolute atomic E-state index is 0.178. The average Bonchev–Trinajstić information content (AvgIpc) is 2.41. The Morgan fingerprint density at radius 2 is 2.05 bits per heavy atom. The molecule has 1 N–H and O–H groups in total. The fourth-order valence-corrected chi connectivity index (χ4v) is 3.22. The Kier molecular flexibility index (Phi) is 5.30. The Hall–Kier alpha value is -0.520. The van der Waals surface area contributed by atoms with Crippen LogP contribution in [0.4, 0.5) is 8.78 Å². The van der Waals surface area contributed by atoms with Gasteiger partial charge in [-0.25, -0.2) is 4.39 Å². The topological polar surface area (TPSA) is 15.3 Å². The van der Waals surface area contributed by atoms with Crippen LogP contribution < -0.4 is 5.32 Å². The lowest BCUT2D eigenvalue weighted by atomic mass is 9.99. The molecular weight excluding hydrogens is 314 g/mol. The van der Waals surface area contributed by atoms with Gasteiger partial charge in [-0.2, -0.15) is 0 Å². The molecule has 0 bridgehead atoms. The Morgan fingerprint density at radius 3 is 2.68 bits per heavy atom. The molecule has 1 fully saturated rings. The smallest absolute Gasteiger partial charge is 0.130 e.